The van der Waals surface area contributed by atoms with Gasteiger partial charge >= 0.3 is 0 Å². The van der Waals surface area contributed by atoms with E-state index in [1.165, 1.54) is 11.8 Å². The lowest BCUT2D eigenvalue weighted by molar-refractivity contribution is 0.0957. The molecule has 2 aromatic heterocycles. The number of ether oxygens (including phenoxy) is 2. The van der Waals surface area contributed by atoms with Crippen LogP contribution in [0.5, 0.6) is 5.75 Å². The van der Waals surface area contributed by atoms with Crippen LogP contribution in [0.2, 0.25) is 5.02 Å². The molecule has 32 heavy (non-hydrogen) atoms. The number of hydrogen-bond donors (Lipinski definition) is 0. The van der Waals surface area contributed by atoms with Crippen molar-refractivity contribution in [2.45, 2.75) is 51.1 Å². The monoisotopic (exact) mass is 474 g/mol. The summed E-state index contributed by atoms with van der Waals surface area (Å²) in [5.74, 6) is 1.78. The fourth-order valence-electron chi connectivity index (χ4n) is 3.84. The van der Waals surface area contributed by atoms with Crippen LogP contribution in [-0.4, -0.2) is 43.6 Å². The molecule has 0 spiro atoms. The van der Waals surface area contributed by atoms with Crippen molar-refractivity contribution in [2.24, 2.45) is 7.05 Å². The molecule has 4 rings (SSSR count). The summed E-state index contributed by atoms with van der Waals surface area (Å²) in [4.78, 5) is 12.9. The fraction of sp³-hybridized carbons (Fsp3) is 0.435. The van der Waals surface area contributed by atoms with E-state index in [-0.39, 0.29) is 18.5 Å². The van der Waals surface area contributed by atoms with Gasteiger partial charge in [0, 0.05) is 42.2 Å². The van der Waals surface area contributed by atoms with Crippen molar-refractivity contribution in [3.8, 4) is 5.75 Å². The standard InChI is InChI=1S/C23H27ClN4O3S/c1-15-11-20(16(2)28(15)12-19-5-4-10-30-19)21(29)14-32-23-26-25-22(27(23)3)13-31-18-8-6-17(24)7-9-18/h6-9,11,19H,4-5,10,12-14H2,1-3H3. The number of benzene rings is 1. The van der Waals surface area contributed by atoms with Gasteiger partial charge in [0.2, 0.25) is 0 Å². The maximum Gasteiger partial charge on any atom is 0.191 e. The van der Waals surface area contributed by atoms with E-state index in [9.17, 15) is 4.79 Å². The molecule has 1 atom stereocenters. The first-order valence-corrected chi connectivity index (χ1v) is 12.0. The van der Waals surface area contributed by atoms with Gasteiger partial charge in [0.05, 0.1) is 11.9 Å². The Morgan fingerprint density at radius 2 is 2.06 bits per heavy atom. The average Bonchev–Trinajstić information content (AvgIpc) is 3.49. The zero-order chi connectivity index (χ0) is 22.7. The molecule has 1 saturated heterocycles. The summed E-state index contributed by atoms with van der Waals surface area (Å²) in [7, 11) is 1.88. The van der Waals surface area contributed by atoms with Crippen LogP contribution < -0.4 is 4.74 Å². The molecule has 9 heteroatoms. The number of nitrogens with zero attached hydrogens (tertiary/aromatic N) is 4. The first-order valence-electron chi connectivity index (χ1n) is 10.6. The molecule has 0 N–H and O–H groups in total. The van der Waals surface area contributed by atoms with Gasteiger partial charge in [-0.25, -0.2) is 0 Å². The second kappa shape index (κ2) is 10.1. The summed E-state index contributed by atoms with van der Waals surface area (Å²) < 4.78 is 15.6. The van der Waals surface area contributed by atoms with Crippen LogP contribution in [0, 0.1) is 13.8 Å². The molecule has 1 aliphatic rings. The Morgan fingerprint density at radius 1 is 1.28 bits per heavy atom. The topological polar surface area (TPSA) is 71.2 Å². The van der Waals surface area contributed by atoms with Gasteiger partial charge in [0.25, 0.3) is 0 Å². The van der Waals surface area contributed by atoms with E-state index in [1.54, 1.807) is 12.1 Å². The summed E-state index contributed by atoms with van der Waals surface area (Å²) in [6.45, 7) is 5.97. The lowest BCUT2D eigenvalue weighted by Gasteiger charge is -2.14. The van der Waals surface area contributed by atoms with Crippen molar-refractivity contribution in [3.63, 3.8) is 0 Å². The number of aryl methyl sites for hydroxylation is 1. The molecule has 1 aromatic carbocycles. The Labute approximate surface area is 197 Å². The molecule has 0 radical (unpaired) electrons. The Balaban J connectivity index is 1.35. The zero-order valence-electron chi connectivity index (χ0n) is 18.5. The minimum Gasteiger partial charge on any atom is -0.486 e. The number of halogens is 1. The van der Waals surface area contributed by atoms with Gasteiger partial charge in [-0.15, -0.1) is 10.2 Å². The number of carbonyl (C=O) groups is 1. The second-order valence-corrected chi connectivity index (χ2v) is 9.32. The van der Waals surface area contributed by atoms with Crippen LogP contribution in [0.25, 0.3) is 0 Å². The summed E-state index contributed by atoms with van der Waals surface area (Å²) in [5.41, 5.74) is 2.85. The number of rotatable bonds is 9. The number of ketones is 1. The number of hydrogen-bond acceptors (Lipinski definition) is 6. The van der Waals surface area contributed by atoms with E-state index in [2.05, 4.69) is 14.8 Å². The second-order valence-electron chi connectivity index (χ2n) is 7.94. The van der Waals surface area contributed by atoms with Crippen molar-refractivity contribution < 1.29 is 14.3 Å². The molecule has 0 amide bonds. The van der Waals surface area contributed by atoms with Gasteiger partial charge in [-0.3, -0.25) is 4.79 Å². The molecule has 1 fully saturated rings. The van der Waals surface area contributed by atoms with Gasteiger partial charge in [-0.1, -0.05) is 23.4 Å². The van der Waals surface area contributed by atoms with Crippen LogP contribution in [0.1, 0.15) is 40.4 Å². The van der Waals surface area contributed by atoms with Crippen molar-refractivity contribution >= 4 is 29.1 Å². The largest absolute Gasteiger partial charge is 0.486 e. The number of thioether (sulfide) groups is 1. The predicted octanol–water partition coefficient (Wildman–Crippen LogP) is 4.62. The molecule has 7 nitrogen and oxygen atoms in total. The molecule has 0 aliphatic carbocycles. The zero-order valence-corrected chi connectivity index (χ0v) is 20.1. The molecule has 170 valence electrons. The molecule has 3 aromatic rings. The summed E-state index contributed by atoms with van der Waals surface area (Å²) >= 11 is 7.28. The maximum absolute atomic E-state index is 12.9. The Bertz CT molecular complexity index is 1090. The third kappa shape index (κ3) is 5.19. The van der Waals surface area contributed by atoms with E-state index < -0.39 is 0 Å². The van der Waals surface area contributed by atoms with E-state index in [0.717, 1.165) is 42.9 Å². The summed E-state index contributed by atoms with van der Waals surface area (Å²) in [5, 5.41) is 9.77. The smallest absolute Gasteiger partial charge is 0.191 e. The molecule has 1 aliphatic heterocycles. The summed E-state index contributed by atoms with van der Waals surface area (Å²) in [6.07, 6.45) is 2.42. The lowest BCUT2D eigenvalue weighted by atomic mass is 10.2. The van der Waals surface area contributed by atoms with Gasteiger partial charge in [0.1, 0.15) is 12.4 Å². The highest BCUT2D eigenvalue weighted by Crippen LogP contribution is 2.24. The van der Waals surface area contributed by atoms with Crippen molar-refractivity contribution in [1.29, 1.82) is 0 Å². The molecule has 0 bridgehead atoms. The Kier molecular flexibility index (Phi) is 7.23. The highest BCUT2D eigenvalue weighted by molar-refractivity contribution is 7.99. The Morgan fingerprint density at radius 3 is 2.78 bits per heavy atom. The normalized spacial score (nSPS) is 15.9. The Hall–Kier alpha value is -2.29. The van der Waals surface area contributed by atoms with Crippen LogP contribution in [-0.2, 0) is 24.9 Å². The number of Topliss-reactive ketones (excluding diaryl/α,β-unsaturated/α-hetero) is 1. The third-order valence-corrected chi connectivity index (χ3v) is 7.00. The van der Waals surface area contributed by atoms with E-state index in [4.69, 9.17) is 21.1 Å². The number of aromatic nitrogens is 4. The van der Waals surface area contributed by atoms with Gasteiger partial charge in [-0.05, 0) is 57.0 Å². The SMILES string of the molecule is Cc1cc(C(=O)CSc2nnc(COc3ccc(Cl)cc3)n2C)c(C)n1CC1CCCO1. The molecule has 0 saturated carbocycles. The number of carbonyl (C=O) groups excluding carboxylic acids is 1. The molecular weight excluding hydrogens is 448 g/mol. The van der Waals surface area contributed by atoms with Crippen LogP contribution in [0.4, 0.5) is 0 Å². The predicted molar refractivity (Wildman–Crippen MR) is 125 cm³/mol. The van der Waals surface area contributed by atoms with Crippen molar-refractivity contribution in [3.05, 3.63) is 58.1 Å². The molecular formula is C23H27ClN4O3S. The minimum atomic E-state index is 0.0867. The summed E-state index contributed by atoms with van der Waals surface area (Å²) in [6, 6.07) is 9.15. The minimum absolute atomic E-state index is 0.0867. The highest BCUT2D eigenvalue weighted by Gasteiger charge is 2.21. The average molecular weight is 475 g/mol. The van der Waals surface area contributed by atoms with Crippen LogP contribution in [0.15, 0.2) is 35.5 Å². The first-order chi connectivity index (χ1) is 15.4. The highest BCUT2D eigenvalue weighted by atomic mass is 35.5. The van der Waals surface area contributed by atoms with Crippen molar-refractivity contribution in [1.82, 2.24) is 19.3 Å². The van der Waals surface area contributed by atoms with Crippen molar-refractivity contribution in [2.75, 3.05) is 12.4 Å². The maximum atomic E-state index is 12.9. The molecule has 1 unspecified atom stereocenters. The van der Waals surface area contributed by atoms with Crippen LogP contribution >= 0.6 is 23.4 Å². The third-order valence-electron chi connectivity index (χ3n) is 5.72. The van der Waals surface area contributed by atoms with Gasteiger partial charge in [-0.2, -0.15) is 0 Å². The van der Waals surface area contributed by atoms with E-state index in [1.807, 2.05) is 43.7 Å². The quantitative estimate of drug-likeness (QED) is 0.333. The van der Waals surface area contributed by atoms with E-state index >= 15 is 0 Å². The van der Waals surface area contributed by atoms with Crippen LogP contribution in [0.3, 0.4) is 0 Å². The molecule has 3 heterocycles. The fourth-order valence-corrected chi connectivity index (χ4v) is 4.78. The van der Waals surface area contributed by atoms with E-state index in [0.29, 0.717) is 27.5 Å². The van der Waals surface area contributed by atoms with Gasteiger partial charge < -0.3 is 18.6 Å². The first kappa shape index (κ1) is 22.9. The van der Waals surface area contributed by atoms with Gasteiger partial charge in [0.15, 0.2) is 16.8 Å². The lowest BCUT2D eigenvalue weighted by Crippen LogP contribution is -2.17.